The first-order chi connectivity index (χ1) is 58.2. The zero-order valence-corrected chi connectivity index (χ0v) is 77.2. The number of fused-ring (bicyclic) bond motifs is 16. The highest BCUT2D eigenvalue weighted by molar-refractivity contribution is 6.07. The molecule has 0 atom stereocenters. The van der Waals surface area contributed by atoms with Crippen molar-refractivity contribution in [2.75, 3.05) is 14.2 Å². The summed E-state index contributed by atoms with van der Waals surface area (Å²) in [6.45, 7) is 54.9. The van der Waals surface area contributed by atoms with Crippen LogP contribution in [0.3, 0.4) is 0 Å². The fourth-order valence-electron chi connectivity index (χ4n) is 17.1. The van der Waals surface area contributed by atoms with Crippen molar-refractivity contribution in [3.63, 3.8) is 0 Å². The van der Waals surface area contributed by atoms with E-state index in [1.54, 1.807) is 0 Å². The van der Waals surface area contributed by atoms with Gasteiger partial charge >= 0.3 is 11.9 Å². The first kappa shape index (κ1) is 85.0. The van der Waals surface area contributed by atoms with Crippen LogP contribution < -0.4 is 0 Å². The molecule has 0 amide bonds. The largest absolute Gasteiger partial charge is 0.465 e. The Morgan fingerprint density at radius 1 is 0.210 bits per heavy atom. The van der Waals surface area contributed by atoms with E-state index in [1.165, 1.54) is 58.7 Å². The number of esters is 2. The van der Waals surface area contributed by atoms with Crippen molar-refractivity contribution in [2.45, 2.75) is 209 Å². The highest BCUT2D eigenvalue weighted by Crippen LogP contribution is 2.48. The Bertz CT molecular complexity index is 6200. The predicted octanol–water partition coefficient (Wildman–Crippen LogP) is 29.2. The lowest BCUT2D eigenvalue weighted by molar-refractivity contribution is 0.0592. The molecule has 0 fully saturated rings. The van der Waals surface area contributed by atoms with E-state index < -0.39 is 11.9 Å². The summed E-state index contributed by atoms with van der Waals surface area (Å²) in [5, 5.41) is 0. The van der Waals surface area contributed by atoms with Crippen LogP contribution in [0.4, 0.5) is 0 Å². The van der Waals surface area contributed by atoms with Gasteiger partial charge in [-0.25, -0.2) is 29.5 Å². The molecule has 0 radical (unpaired) electrons. The summed E-state index contributed by atoms with van der Waals surface area (Å²) in [5.41, 5.74) is 33.9. The number of nitrogens with zero attached hydrogens (tertiary/aromatic N) is 4. The number of rotatable bonds is 9. The summed E-state index contributed by atoms with van der Waals surface area (Å²) < 4.78 is 10.5. The van der Waals surface area contributed by atoms with Crippen molar-refractivity contribution in [1.29, 1.82) is 0 Å². The van der Waals surface area contributed by atoms with Gasteiger partial charge in [0.1, 0.15) is 0 Å². The molecule has 6 aromatic carbocycles. The van der Waals surface area contributed by atoms with Gasteiger partial charge in [0.05, 0.1) is 70.9 Å². The zero-order chi connectivity index (χ0) is 88.8. The summed E-state index contributed by atoms with van der Waals surface area (Å²) in [5.74, 6) is -0.829. The summed E-state index contributed by atoms with van der Waals surface area (Å²) in [7, 11) is 2.83. The van der Waals surface area contributed by atoms with Gasteiger partial charge < -0.3 is 29.4 Å². The van der Waals surface area contributed by atoms with Gasteiger partial charge in [-0.15, -0.1) is 0 Å². The minimum atomic E-state index is -0.415. The third-order valence-corrected chi connectivity index (χ3v) is 24.8. The number of benzene rings is 6. The van der Waals surface area contributed by atoms with Gasteiger partial charge in [0.2, 0.25) is 0 Å². The lowest BCUT2D eigenvalue weighted by atomic mass is 9.78. The number of ether oxygens (including phenoxy) is 2. The third kappa shape index (κ3) is 16.5. The number of hydrogen-bond donors (Lipinski definition) is 4. The molecule has 10 heterocycles. The Kier molecular flexibility index (Phi) is 21.1. The van der Waals surface area contributed by atoms with E-state index in [0.29, 0.717) is 22.5 Å². The molecule has 16 rings (SSSR count). The fourth-order valence-corrected chi connectivity index (χ4v) is 17.1. The number of aromatic nitrogens is 8. The molecule has 4 aliphatic rings. The van der Waals surface area contributed by atoms with Crippen molar-refractivity contribution in [2.24, 2.45) is 0 Å². The van der Waals surface area contributed by atoms with Gasteiger partial charge in [0.15, 0.2) is 0 Å². The van der Waals surface area contributed by atoms with Gasteiger partial charge in [0.25, 0.3) is 0 Å². The monoisotopic (exact) mass is 1640 g/mol. The molecule has 4 N–H and O–H groups in total. The Hall–Kier alpha value is -12.5. The van der Waals surface area contributed by atoms with E-state index in [4.69, 9.17) is 29.4 Å². The van der Waals surface area contributed by atoms with Crippen molar-refractivity contribution < 1.29 is 19.1 Å². The minimum absolute atomic E-state index is 0.236. The second-order valence-electron chi connectivity index (χ2n) is 42.3. The van der Waals surface area contributed by atoms with E-state index in [2.05, 4.69) is 356 Å². The Morgan fingerprint density at radius 2 is 0.363 bits per heavy atom. The first-order valence-corrected chi connectivity index (χ1v) is 43.5. The van der Waals surface area contributed by atoms with Crippen molar-refractivity contribution in [3.05, 3.63) is 271 Å². The normalized spacial score (nSPS) is 13.3. The van der Waals surface area contributed by atoms with Gasteiger partial charge in [-0.1, -0.05) is 263 Å². The average molecular weight is 1640 g/mol. The topological polar surface area (TPSA) is 167 Å². The van der Waals surface area contributed by atoms with Crippen LogP contribution in [0.2, 0.25) is 0 Å². The highest BCUT2D eigenvalue weighted by Gasteiger charge is 2.32. The molecular weight excluding hydrogens is 1520 g/mol. The number of hydrogen-bond acceptors (Lipinski definition) is 8. The molecule has 630 valence electrons. The lowest BCUT2D eigenvalue weighted by Gasteiger charge is -2.26. The number of methoxy groups -OCH3 is 2. The molecule has 12 heteroatoms. The van der Waals surface area contributed by atoms with Crippen LogP contribution in [0.1, 0.15) is 277 Å². The average Bonchev–Trinajstić information content (AvgIpc) is 1.60. The molecule has 0 saturated carbocycles. The lowest BCUT2D eigenvalue weighted by Crippen LogP contribution is -2.16. The molecule has 0 unspecified atom stereocenters. The maximum absolute atomic E-state index is 13.2. The van der Waals surface area contributed by atoms with Crippen LogP contribution in [0.25, 0.3) is 171 Å². The molecule has 4 aliphatic heterocycles. The number of H-pyrrole nitrogens is 4. The second kappa shape index (κ2) is 30.8. The molecule has 6 aromatic heterocycles. The van der Waals surface area contributed by atoms with Crippen LogP contribution in [-0.4, -0.2) is 66.0 Å². The molecule has 16 bridgehead atoms. The van der Waals surface area contributed by atoms with Crippen LogP contribution in [0.5, 0.6) is 0 Å². The number of carbonyl (C=O) groups excluding carboxylic acids is 2. The van der Waals surface area contributed by atoms with Gasteiger partial charge in [-0.2, -0.15) is 0 Å². The molecule has 0 aliphatic carbocycles. The van der Waals surface area contributed by atoms with E-state index in [0.717, 1.165) is 156 Å². The smallest absolute Gasteiger partial charge is 0.337 e. The molecule has 12 aromatic rings. The number of nitrogens with one attached hydrogen (secondary N) is 4. The first-order valence-electron chi connectivity index (χ1n) is 43.5. The summed E-state index contributed by atoms with van der Waals surface area (Å²) in [6.07, 6.45) is 17.4. The molecule has 12 nitrogen and oxygen atoms in total. The van der Waals surface area contributed by atoms with Crippen molar-refractivity contribution >= 4 is 105 Å². The molecule has 0 spiro atoms. The van der Waals surface area contributed by atoms with E-state index in [9.17, 15) is 9.59 Å². The van der Waals surface area contributed by atoms with Crippen LogP contribution >= 0.6 is 0 Å². The quantitative estimate of drug-likeness (QED) is 0.104. The van der Waals surface area contributed by atoms with Gasteiger partial charge in [0, 0.05) is 88.6 Å². The number of aromatic amines is 4. The maximum Gasteiger partial charge on any atom is 0.337 e. The molecular formula is C112H118N8O4. The second-order valence-corrected chi connectivity index (χ2v) is 42.3. The summed E-state index contributed by atoms with van der Waals surface area (Å²) in [6, 6.07) is 61.3. The number of carbonyl (C=O) groups is 2. The van der Waals surface area contributed by atoms with Gasteiger partial charge in [-0.3, -0.25) is 0 Å². The Morgan fingerprint density at radius 3 is 0.524 bits per heavy atom. The van der Waals surface area contributed by atoms with E-state index >= 15 is 0 Å². The van der Waals surface area contributed by atoms with E-state index in [-0.39, 0.29) is 43.3 Å². The highest BCUT2D eigenvalue weighted by atomic mass is 16.5. The van der Waals surface area contributed by atoms with E-state index in [1.807, 2.05) is 48.5 Å². The third-order valence-electron chi connectivity index (χ3n) is 24.8. The minimum Gasteiger partial charge on any atom is -0.465 e. The standard InChI is InChI=1S/C112H118N8O4/c1-105(2,3)71-51-67(52-72(59-71)106(4,5)6)97-83-39-35-79(113-83)95(63-27-31-65(32-28-63)103(121)123-25)80-36-40-84(114-80)98(68-53-73(107(7,8)9)60-74(54-68)108(10,11)12)88-44-48-92(118-88)101(91-47-43-87(97)117-91)102-93-49-45-89(119-93)99(69-55-75(109(13,14)15)61-76(56-69)110(16,17)18)85-41-37-81(115-85)96(64-29-33-66(34-30-64)104(122)124-26)82-38-42-86(116-82)100(90-46-50-94(102)120-90)70-57-77(111(19,20)21)62-78(58-70)112(22,23)24/h27-62,113,115,118,120H,1-26H3. The SMILES string of the molecule is COC(=O)c1ccc(-c2c3nc(c(-c4cc(C(C)(C)C)cc(C(C)(C)C)c4)c4ccc([nH]4)c(-c4c5nc(c(-c6cc(C(C)(C)C)cc(C(C)(C)C)c6)c6ccc([nH]6)c(-c6ccc(C(=O)OC)cc6)c6nc(c(-c7cc(C(C)(C)C)cc(C(C)(C)C)c7)c7ccc4[nH]7)C=C6)C=C5)c4nc(c(-c5cc(C(C)(C)C)cc(C(C)(C)C)c5)c5ccc2[nH]5)C=C4)C=C3)cc1. The van der Waals surface area contributed by atoms with Crippen molar-refractivity contribution in [1.82, 2.24) is 39.9 Å². The Labute approximate surface area is 731 Å². The van der Waals surface area contributed by atoms with Crippen LogP contribution in [0, 0.1) is 0 Å². The van der Waals surface area contributed by atoms with Crippen molar-refractivity contribution in [3.8, 4) is 77.9 Å². The van der Waals surface area contributed by atoms with Crippen LogP contribution in [0.15, 0.2) is 170 Å². The summed E-state index contributed by atoms with van der Waals surface area (Å²) in [4.78, 5) is 67.0. The fraction of sp³-hybridized carbons (Fsp3) is 0.304. The molecule has 124 heavy (non-hydrogen) atoms. The summed E-state index contributed by atoms with van der Waals surface area (Å²) >= 11 is 0. The zero-order valence-electron chi connectivity index (χ0n) is 77.2. The van der Waals surface area contributed by atoms with Gasteiger partial charge in [-0.05, 0) is 243 Å². The van der Waals surface area contributed by atoms with Crippen LogP contribution in [-0.2, 0) is 52.8 Å². The maximum atomic E-state index is 13.2. The predicted molar refractivity (Wildman–Crippen MR) is 522 cm³/mol. The Balaban J connectivity index is 1.14. The molecule has 0 saturated heterocycles.